The fourth-order valence-corrected chi connectivity index (χ4v) is 5.88. The van der Waals surface area contributed by atoms with Crippen LogP contribution in [0.4, 0.5) is 0 Å². The van der Waals surface area contributed by atoms with Crippen LogP contribution in [0, 0.1) is 28.1 Å². The maximum atomic E-state index is 11.8. The average molecular weight is 286 g/mol. The number of hydrogen-bond donors (Lipinski definition) is 0. The quantitative estimate of drug-likeness (QED) is 0.496. The van der Waals surface area contributed by atoms with Crippen LogP contribution in [0.2, 0.25) is 0 Å². The van der Waals surface area contributed by atoms with Crippen LogP contribution < -0.4 is 0 Å². The lowest BCUT2D eigenvalue weighted by Crippen LogP contribution is -2.52. The molecule has 2 saturated carbocycles. The second kappa shape index (κ2) is 4.83. The Kier molecular flexibility index (Phi) is 3.46. The van der Waals surface area contributed by atoms with Gasteiger partial charge in [0.2, 0.25) is 0 Å². The van der Waals surface area contributed by atoms with Crippen molar-refractivity contribution < 1.29 is 4.79 Å². The van der Waals surface area contributed by atoms with Gasteiger partial charge in [-0.2, -0.15) is 0 Å². The zero-order valence-corrected chi connectivity index (χ0v) is 14.0. The molecule has 2 fully saturated rings. The summed E-state index contributed by atoms with van der Waals surface area (Å²) >= 11 is 0. The van der Waals surface area contributed by atoms with Crippen molar-refractivity contribution in [3.63, 3.8) is 0 Å². The summed E-state index contributed by atoms with van der Waals surface area (Å²) in [5.74, 6) is 1.27. The fraction of sp³-hybridized carbons (Fsp3) is 0.750. The molecular weight excluding hydrogens is 256 g/mol. The van der Waals surface area contributed by atoms with Crippen molar-refractivity contribution in [2.45, 2.75) is 65.7 Å². The highest BCUT2D eigenvalue weighted by atomic mass is 16.1. The summed E-state index contributed by atoms with van der Waals surface area (Å²) < 4.78 is 0. The first-order chi connectivity index (χ1) is 9.87. The predicted octanol–water partition coefficient (Wildman–Crippen LogP) is 5.32. The van der Waals surface area contributed by atoms with Crippen LogP contribution in [-0.2, 0) is 4.79 Å². The summed E-state index contributed by atoms with van der Waals surface area (Å²) in [5, 5.41) is 0. The molecule has 0 bridgehead atoms. The Labute approximate surface area is 129 Å². The summed E-state index contributed by atoms with van der Waals surface area (Å²) in [6, 6.07) is 0. The van der Waals surface area contributed by atoms with E-state index in [4.69, 9.17) is 0 Å². The molecular formula is C20H30O. The topological polar surface area (TPSA) is 17.1 Å². The second-order valence-corrected chi connectivity index (χ2v) is 8.59. The molecule has 0 spiro atoms. The lowest BCUT2D eigenvalue weighted by atomic mass is 9.45. The summed E-state index contributed by atoms with van der Waals surface area (Å²) in [5.41, 5.74) is 2.10. The molecule has 0 radical (unpaired) electrons. The molecule has 3 rings (SSSR count). The first kappa shape index (κ1) is 15.1. The first-order valence-corrected chi connectivity index (χ1v) is 8.68. The molecule has 0 aromatic carbocycles. The van der Waals surface area contributed by atoms with Gasteiger partial charge in [0, 0.05) is 10.8 Å². The average Bonchev–Trinajstić information content (AvgIpc) is 2.46. The molecule has 21 heavy (non-hydrogen) atoms. The monoisotopic (exact) mass is 286 g/mol. The highest BCUT2D eigenvalue weighted by Crippen LogP contribution is 2.63. The highest BCUT2D eigenvalue weighted by molar-refractivity contribution is 5.60. The summed E-state index contributed by atoms with van der Waals surface area (Å²) in [4.78, 5) is 11.8. The number of allylic oxidation sites excluding steroid dienone is 3. The van der Waals surface area contributed by atoms with Gasteiger partial charge in [0.1, 0.15) is 6.29 Å². The van der Waals surface area contributed by atoms with Gasteiger partial charge < -0.3 is 4.79 Å². The maximum Gasteiger partial charge on any atom is 0.126 e. The molecule has 0 aromatic heterocycles. The Morgan fingerprint density at radius 3 is 2.62 bits per heavy atom. The van der Waals surface area contributed by atoms with E-state index in [0.717, 1.165) is 6.42 Å². The Bertz CT molecular complexity index is 490. The van der Waals surface area contributed by atoms with Gasteiger partial charge in [0.25, 0.3) is 0 Å². The molecule has 3 aliphatic carbocycles. The van der Waals surface area contributed by atoms with E-state index in [-0.39, 0.29) is 10.8 Å². The minimum absolute atomic E-state index is 0.0856. The van der Waals surface area contributed by atoms with Crippen molar-refractivity contribution in [1.82, 2.24) is 0 Å². The molecule has 0 heterocycles. The van der Waals surface area contributed by atoms with Crippen molar-refractivity contribution >= 4 is 6.29 Å². The van der Waals surface area contributed by atoms with Crippen molar-refractivity contribution in [3.05, 3.63) is 24.3 Å². The molecule has 0 aliphatic heterocycles. The lowest BCUT2D eigenvalue weighted by Gasteiger charge is -2.59. The second-order valence-electron chi connectivity index (χ2n) is 8.59. The molecule has 0 N–H and O–H groups in total. The Balaban J connectivity index is 1.98. The van der Waals surface area contributed by atoms with Gasteiger partial charge in [-0.05, 0) is 55.8 Å². The molecule has 0 aromatic rings. The van der Waals surface area contributed by atoms with E-state index in [2.05, 4.69) is 39.5 Å². The molecule has 5 atom stereocenters. The van der Waals surface area contributed by atoms with Crippen molar-refractivity contribution in [2.75, 3.05) is 0 Å². The largest absolute Gasteiger partial charge is 0.303 e. The van der Waals surface area contributed by atoms with E-state index in [9.17, 15) is 4.79 Å². The van der Waals surface area contributed by atoms with E-state index in [1.807, 2.05) is 0 Å². The minimum Gasteiger partial charge on any atom is -0.303 e. The molecule has 0 amide bonds. The third-order valence-electron chi connectivity index (χ3n) is 7.21. The third kappa shape index (κ3) is 2.15. The lowest BCUT2D eigenvalue weighted by molar-refractivity contribution is -0.131. The minimum atomic E-state index is -0.0856. The van der Waals surface area contributed by atoms with Crippen LogP contribution in [-0.4, -0.2) is 6.29 Å². The standard InChI is InChI=1S/C20H30O/c1-5-18(2)12-9-16-15(13-18)7-8-17-19(3,14-21)10-6-11-20(16,17)4/h5,13-14,16-17H,1,6-12H2,2-4H3/t16-,17-,18-,19-,20+/m0/s1. The number of rotatable bonds is 2. The predicted molar refractivity (Wildman–Crippen MR) is 88.0 cm³/mol. The smallest absolute Gasteiger partial charge is 0.126 e. The molecule has 116 valence electrons. The molecule has 0 unspecified atom stereocenters. The van der Waals surface area contributed by atoms with E-state index >= 15 is 0 Å². The van der Waals surface area contributed by atoms with Crippen LogP contribution in [0.25, 0.3) is 0 Å². The van der Waals surface area contributed by atoms with Gasteiger partial charge in [0.05, 0.1) is 0 Å². The van der Waals surface area contributed by atoms with Gasteiger partial charge >= 0.3 is 0 Å². The summed E-state index contributed by atoms with van der Waals surface area (Å²) in [7, 11) is 0. The number of fused-ring (bicyclic) bond motifs is 3. The molecule has 0 saturated heterocycles. The first-order valence-electron chi connectivity index (χ1n) is 8.68. The van der Waals surface area contributed by atoms with Gasteiger partial charge in [-0.15, -0.1) is 6.58 Å². The zero-order valence-electron chi connectivity index (χ0n) is 14.0. The Hall–Kier alpha value is -0.850. The number of carbonyl (C=O) groups is 1. The van der Waals surface area contributed by atoms with E-state index < -0.39 is 0 Å². The third-order valence-corrected chi connectivity index (χ3v) is 7.21. The number of aldehydes is 1. The number of hydrogen-bond acceptors (Lipinski definition) is 1. The van der Waals surface area contributed by atoms with Gasteiger partial charge in [-0.25, -0.2) is 0 Å². The Morgan fingerprint density at radius 1 is 1.19 bits per heavy atom. The van der Waals surface area contributed by atoms with Crippen molar-refractivity contribution in [2.24, 2.45) is 28.1 Å². The van der Waals surface area contributed by atoms with Crippen LogP contribution in [0.1, 0.15) is 65.7 Å². The van der Waals surface area contributed by atoms with Gasteiger partial charge in [0.15, 0.2) is 0 Å². The number of carbonyl (C=O) groups excluding carboxylic acids is 1. The van der Waals surface area contributed by atoms with Crippen LogP contribution in [0.5, 0.6) is 0 Å². The van der Waals surface area contributed by atoms with Crippen molar-refractivity contribution in [3.8, 4) is 0 Å². The van der Waals surface area contributed by atoms with Crippen LogP contribution in [0.15, 0.2) is 24.3 Å². The normalized spacial score (nSPS) is 49.6. The summed E-state index contributed by atoms with van der Waals surface area (Å²) in [6.07, 6.45) is 14.4. The highest BCUT2D eigenvalue weighted by Gasteiger charge is 2.55. The van der Waals surface area contributed by atoms with Crippen LogP contribution >= 0.6 is 0 Å². The van der Waals surface area contributed by atoms with E-state index in [0.29, 0.717) is 17.3 Å². The molecule has 1 nitrogen and oxygen atoms in total. The van der Waals surface area contributed by atoms with E-state index in [1.165, 1.54) is 44.8 Å². The van der Waals surface area contributed by atoms with E-state index in [1.54, 1.807) is 5.57 Å². The fourth-order valence-electron chi connectivity index (χ4n) is 5.88. The summed E-state index contributed by atoms with van der Waals surface area (Å²) in [6.45, 7) is 11.0. The maximum absolute atomic E-state index is 11.8. The van der Waals surface area contributed by atoms with Crippen molar-refractivity contribution in [1.29, 1.82) is 0 Å². The molecule has 3 aliphatic rings. The van der Waals surface area contributed by atoms with Gasteiger partial charge in [-0.1, -0.05) is 44.9 Å². The Morgan fingerprint density at radius 2 is 1.95 bits per heavy atom. The SMILES string of the molecule is C=C[C@]1(C)C=C2CC[C@@H]3[C@](C)(CCC[C@@]3(C)C=O)[C@H]2CC1. The van der Waals surface area contributed by atoms with Gasteiger partial charge in [-0.3, -0.25) is 0 Å². The molecule has 1 heteroatoms. The zero-order chi connectivity index (χ0) is 15.3. The van der Waals surface area contributed by atoms with Crippen LogP contribution in [0.3, 0.4) is 0 Å².